The fraction of sp³-hybridized carbons (Fsp3) is 0.250. The molecule has 6 heteroatoms. The highest BCUT2D eigenvalue weighted by atomic mass is 16.2. The Morgan fingerprint density at radius 1 is 1.00 bits per heavy atom. The second-order valence-corrected chi connectivity index (χ2v) is 6.44. The molecule has 0 bridgehead atoms. The van der Waals surface area contributed by atoms with Gasteiger partial charge in [-0.05, 0) is 54.8 Å². The van der Waals surface area contributed by atoms with Crippen molar-refractivity contribution in [2.75, 3.05) is 5.32 Å². The number of primary amides is 1. The van der Waals surface area contributed by atoms with E-state index >= 15 is 0 Å². The lowest BCUT2D eigenvalue weighted by molar-refractivity contribution is -0.122. The van der Waals surface area contributed by atoms with E-state index in [4.69, 9.17) is 5.73 Å². The molecule has 0 atom stereocenters. The number of carbonyl (C=O) groups is 3. The molecule has 0 radical (unpaired) electrons. The first-order chi connectivity index (χ1) is 12.5. The number of carbonyl (C=O) groups excluding carboxylic acids is 3. The minimum Gasteiger partial charge on any atom is -0.366 e. The van der Waals surface area contributed by atoms with E-state index in [0.717, 1.165) is 30.5 Å². The van der Waals surface area contributed by atoms with E-state index in [1.165, 1.54) is 12.1 Å². The van der Waals surface area contributed by atoms with E-state index < -0.39 is 5.91 Å². The van der Waals surface area contributed by atoms with Crippen molar-refractivity contribution in [2.45, 2.75) is 25.8 Å². The third kappa shape index (κ3) is 4.27. The Bertz CT molecular complexity index is 826. The van der Waals surface area contributed by atoms with E-state index in [-0.39, 0.29) is 17.7 Å². The lowest BCUT2D eigenvalue weighted by Crippen LogP contribution is -2.28. The van der Waals surface area contributed by atoms with Gasteiger partial charge in [0.15, 0.2) is 0 Å². The summed E-state index contributed by atoms with van der Waals surface area (Å²) >= 11 is 0. The first-order valence-corrected chi connectivity index (χ1v) is 8.61. The van der Waals surface area contributed by atoms with Crippen LogP contribution in [-0.2, 0) is 11.3 Å². The Kier molecular flexibility index (Phi) is 5.31. The second-order valence-electron chi connectivity index (χ2n) is 6.44. The van der Waals surface area contributed by atoms with Crippen LogP contribution in [0, 0.1) is 5.92 Å². The quantitative estimate of drug-likeness (QED) is 0.745. The van der Waals surface area contributed by atoms with Crippen molar-refractivity contribution in [3.8, 4) is 0 Å². The average Bonchev–Trinajstić information content (AvgIpc) is 2.58. The van der Waals surface area contributed by atoms with Crippen LogP contribution < -0.4 is 16.4 Å². The maximum atomic E-state index is 12.2. The molecule has 3 rings (SSSR count). The Labute approximate surface area is 151 Å². The zero-order valence-electron chi connectivity index (χ0n) is 14.3. The number of benzene rings is 2. The molecule has 0 aliphatic heterocycles. The van der Waals surface area contributed by atoms with Gasteiger partial charge in [-0.15, -0.1) is 0 Å². The number of hydrogen-bond donors (Lipinski definition) is 3. The highest BCUT2D eigenvalue weighted by Gasteiger charge is 2.25. The normalized spacial score (nSPS) is 13.5. The molecule has 0 aromatic heterocycles. The van der Waals surface area contributed by atoms with E-state index in [9.17, 15) is 14.4 Å². The first kappa shape index (κ1) is 17.7. The minimum absolute atomic E-state index is 0.0620. The van der Waals surface area contributed by atoms with Gasteiger partial charge in [-0.2, -0.15) is 0 Å². The van der Waals surface area contributed by atoms with Crippen LogP contribution >= 0.6 is 0 Å². The summed E-state index contributed by atoms with van der Waals surface area (Å²) in [5.74, 6) is -0.587. The summed E-state index contributed by atoms with van der Waals surface area (Å²) in [6, 6.07) is 13.6. The van der Waals surface area contributed by atoms with Gasteiger partial charge in [0.25, 0.3) is 5.91 Å². The van der Waals surface area contributed by atoms with Crippen LogP contribution in [0.4, 0.5) is 5.69 Å². The molecule has 2 aromatic carbocycles. The number of nitrogens with two attached hydrogens (primary N) is 1. The molecule has 3 amide bonds. The summed E-state index contributed by atoms with van der Waals surface area (Å²) in [6.45, 7) is 0.337. The molecule has 0 heterocycles. The van der Waals surface area contributed by atoms with Gasteiger partial charge in [0.1, 0.15) is 0 Å². The fourth-order valence-electron chi connectivity index (χ4n) is 2.74. The van der Waals surface area contributed by atoms with Crippen LogP contribution in [0.2, 0.25) is 0 Å². The summed E-state index contributed by atoms with van der Waals surface area (Å²) < 4.78 is 0. The van der Waals surface area contributed by atoms with Crippen LogP contribution in [0.1, 0.15) is 45.5 Å². The lowest BCUT2D eigenvalue weighted by atomic mass is 9.85. The topological polar surface area (TPSA) is 101 Å². The van der Waals surface area contributed by atoms with Gasteiger partial charge in [0.05, 0.1) is 0 Å². The van der Waals surface area contributed by atoms with Crippen molar-refractivity contribution in [2.24, 2.45) is 11.7 Å². The first-order valence-electron chi connectivity index (χ1n) is 8.61. The van der Waals surface area contributed by atoms with Gasteiger partial charge in [-0.3, -0.25) is 14.4 Å². The third-order valence-electron chi connectivity index (χ3n) is 4.56. The maximum absolute atomic E-state index is 12.2. The molecule has 1 aliphatic carbocycles. The lowest BCUT2D eigenvalue weighted by Gasteiger charge is -2.24. The Morgan fingerprint density at radius 2 is 1.69 bits per heavy atom. The van der Waals surface area contributed by atoms with Gasteiger partial charge < -0.3 is 16.4 Å². The molecular formula is C20H21N3O3. The van der Waals surface area contributed by atoms with Crippen molar-refractivity contribution in [3.63, 3.8) is 0 Å². The molecule has 4 N–H and O–H groups in total. The number of amides is 3. The Hall–Kier alpha value is -3.15. The van der Waals surface area contributed by atoms with Crippen LogP contribution in [0.15, 0.2) is 48.5 Å². The van der Waals surface area contributed by atoms with Crippen LogP contribution in [-0.4, -0.2) is 17.7 Å². The fourth-order valence-corrected chi connectivity index (χ4v) is 2.74. The SMILES string of the molecule is NC(=O)c1ccc(C(=O)NCc2cccc(NC(=O)C3CCC3)c2)cc1. The van der Waals surface area contributed by atoms with Gasteiger partial charge in [0, 0.05) is 29.3 Å². The molecule has 26 heavy (non-hydrogen) atoms. The minimum atomic E-state index is -0.530. The van der Waals surface area contributed by atoms with Crippen molar-refractivity contribution >= 4 is 23.4 Å². The molecule has 0 saturated heterocycles. The van der Waals surface area contributed by atoms with E-state index in [0.29, 0.717) is 17.7 Å². The highest BCUT2D eigenvalue weighted by molar-refractivity contribution is 5.97. The average molecular weight is 351 g/mol. The standard InChI is InChI=1S/C20H21N3O3/c21-18(24)14-7-9-16(10-8-14)19(25)22-12-13-3-1-6-17(11-13)23-20(26)15-4-2-5-15/h1,3,6-11,15H,2,4-5,12H2,(H2,21,24)(H,22,25)(H,23,26). The van der Waals surface area contributed by atoms with Crippen LogP contribution in [0.25, 0.3) is 0 Å². The zero-order valence-corrected chi connectivity index (χ0v) is 14.3. The number of rotatable bonds is 6. The molecule has 1 saturated carbocycles. The van der Waals surface area contributed by atoms with Crippen molar-refractivity contribution in [3.05, 3.63) is 65.2 Å². The number of nitrogens with one attached hydrogen (secondary N) is 2. The van der Waals surface area contributed by atoms with E-state index in [1.54, 1.807) is 12.1 Å². The summed E-state index contributed by atoms with van der Waals surface area (Å²) in [5, 5.41) is 5.75. The van der Waals surface area contributed by atoms with Crippen LogP contribution in [0.3, 0.4) is 0 Å². The third-order valence-corrected chi connectivity index (χ3v) is 4.56. The molecule has 134 valence electrons. The van der Waals surface area contributed by atoms with E-state index in [2.05, 4.69) is 10.6 Å². The summed E-state index contributed by atoms with van der Waals surface area (Å²) in [7, 11) is 0. The predicted molar refractivity (Wildman–Crippen MR) is 98.5 cm³/mol. The van der Waals surface area contributed by atoms with Crippen molar-refractivity contribution < 1.29 is 14.4 Å². The number of anilines is 1. The smallest absolute Gasteiger partial charge is 0.251 e. The largest absolute Gasteiger partial charge is 0.366 e. The van der Waals surface area contributed by atoms with Crippen LogP contribution in [0.5, 0.6) is 0 Å². The monoisotopic (exact) mass is 351 g/mol. The molecule has 1 fully saturated rings. The summed E-state index contributed by atoms with van der Waals surface area (Å²) in [6.07, 6.45) is 3.02. The molecule has 6 nitrogen and oxygen atoms in total. The Balaban J connectivity index is 1.56. The van der Waals surface area contributed by atoms with Crippen molar-refractivity contribution in [1.29, 1.82) is 0 Å². The molecule has 0 spiro atoms. The zero-order chi connectivity index (χ0) is 18.5. The molecule has 2 aromatic rings. The Morgan fingerprint density at radius 3 is 2.31 bits per heavy atom. The second kappa shape index (κ2) is 7.82. The predicted octanol–water partition coefficient (Wildman–Crippen LogP) is 2.45. The highest BCUT2D eigenvalue weighted by Crippen LogP contribution is 2.27. The van der Waals surface area contributed by atoms with Gasteiger partial charge in [-0.1, -0.05) is 18.6 Å². The van der Waals surface area contributed by atoms with E-state index in [1.807, 2.05) is 24.3 Å². The molecule has 0 unspecified atom stereocenters. The van der Waals surface area contributed by atoms with Gasteiger partial charge in [-0.25, -0.2) is 0 Å². The van der Waals surface area contributed by atoms with Gasteiger partial charge in [0.2, 0.25) is 11.8 Å². The number of hydrogen-bond acceptors (Lipinski definition) is 3. The molecular weight excluding hydrogens is 330 g/mol. The van der Waals surface area contributed by atoms with Crippen molar-refractivity contribution in [1.82, 2.24) is 5.32 Å². The summed E-state index contributed by atoms with van der Waals surface area (Å²) in [4.78, 5) is 35.3. The molecule has 1 aliphatic rings. The maximum Gasteiger partial charge on any atom is 0.251 e. The van der Waals surface area contributed by atoms with Gasteiger partial charge >= 0.3 is 0 Å². The summed E-state index contributed by atoms with van der Waals surface area (Å²) in [5.41, 5.74) is 7.61.